The fourth-order valence-electron chi connectivity index (χ4n) is 3.36. The van der Waals surface area contributed by atoms with E-state index in [2.05, 4.69) is 34.1 Å². The molecule has 1 fully saturated rings. The minimum atomic E-state index is -0.0155. The van der Waals surface area contributed by atoms with E-state index in [4.69, 9.17) is 9.47 Å². The predicted octanol–water partition coefficient (Wildman–Crippen LogP) is 3.83. The second-order valence-corrected chi connectivity index (χ2v) is 7.94. The minimum absolute atomic E-state index is 0.0155. The zero-order valence-electron chi connectivity index (χ0n) is 17.0. The largest absolute Gasteiger partial charge is 0.487 e. The van der Waals surface area contributed by atoms with Crippen LogP contribution in [0.25, 0.3) is 0 Å². The van der Waals surface area contributed by atoms with E-state index in [0.29, 0.717) is 18.7 Å². The molecule has 156 valence electrons. The van der Waals surface area contributed by atoms with Crippen molar-refractivity contribution in [3.8, 4) is 5.75 Å². The number of nitrogens with zero attached hydrogens (tertiary/aromatic N) is 3. The molecule has 1 aromatic heterocycles. The van der Waals surface area contributed by atoms with Gasteiger partial charge in [0.2, 0.25) is 0 Å². The molecule has 3 aromatic rings. The second-order valence-electron chi connectivity index (χ2n) is 7.22. The number of carbonyl (C=O) groups is 1. The number of anilines is 1. The van der Waals surface area contributed by atoms with Gasteiger partial charge in [0.1, 0.15) is 12.4 Å². The Morgan fingerprint density at radius 1 is 1.13 bits per heavy atom. The first kappa shape index (κ1) is 20.4. The van der Waals surface area contributed by atoms with Gasteiger partial charge in [-0.2, -0.15) is 0 Å². The number of ether oxygens (including phenoxy) is 2. The van der Waals surface area contributed by atoms with E-state index >= 15 is 0 Å². The number of thiazole rings is 1. The summed E-state index contributed by atoms with van der Waals surface area (Å²) >= 11 is 1.54. The van der Waals surface area contributed by atoms with Gasteiger partial charge < -0.3 is 19.3 Å². The highest BCUT2D eigenvalue weighted by Crippen LogP contribution is 2.19. The molecule has 0 radical (unpaired) electrons. The molecule has 4 rings (SSSR count). The smallest absolute Gasteiger partial charge is 0.253 e. The maximum Gasteiger partial charge on any atom is 0.253 e. The first-order chi connectivity index (χ1) is 14.7. The summed E-state index contributed by atoms with van der Waals surface area (Å²) in [6.45, 7) is 4.37. The summed E-state index contributed by atoms with van der Waals surface area (Å²) in [6.07, 6.45) is 0. The molecule has 1 amide bonds. The fourth-order valence-corrected chi connectivity index (χ4v) is 3.90. The highest BCUT2D eigenvalue weighted by Gasteiger charge is 2.14. The molecule has 0 spiro atoms. The zero-order chi connectivity index (χ0) is 20.8. The molecule has 2 heterocycles. The molecule has 1 aliphatic heterocycles. The van der Waals surface area contributed by atoms with Crippen LogP contribution in [0.4, 0.5) is 5.69 Å². The highest BCUT2D eigenvalue weighted by molar-refractivity contribution is 7.07. The summed E-state index contributed by atoms with van der Waals surface area (Å²) in [5.74, 6) is 0.708. The van der Waals surface area contributed by atoms with Crippen LogP contribution >= 0.6 is 11.3 Å². The molecule has 30 heavy (non-hydrogen) atoms. The molecular formula is C23H25N3O3S. The molecule has 0 saturated carbocycles. The van der Waals surface area contributed by atoms with Crippen LogP contribution in [0.2, 0.25) is 0 Å². The lowest BCUT2D eigenvalue weighted by molar-refractivity contribution is 0.0785. The lowest BCUT2D eigenvalue weighted by atomic mass is 10.1. The number of aromatic nitrogens is 1. The monoisotopic (exact) mass is 423 g/mol. The van der Waals surface area contributed by atoms with E-state index in [1.54, 1.807) is 33.9 Å². The third-order valence-corrected chi connectivity index (χ3v) is 5.69. The van der Waals surface area contributed by atoms with E-state index in [-0.39, 0.29) is 5.91 Å². The molecule has 0 N–H and O–H groups in total. The van der Waals surface area contributed by atoms with Gasteiger partial charge in [-0.05, 0) is 42.0 Å². The fraction of sp³-hybridized carbons (Fsp3) is 0.304. The van der Waals surface area contributed by atoms with Gasteiger partial charge in [-0.1, -0.05) is 12.1 Å². The van der Waals surface area contributed by atoms with Crippen molar-refractivity contribution in [2.75, 3.05) is 38.3 Å². The third kappa shape index (κ3) is 5.17. The summed E-state index contributed by atoms with van der Waals surface area (Å²) in [6, 6.07) is 15.7. The van der Waals surface area contributed by atoms with Gasteiger partial charge >= 0.3 is 0 Å². The molecule has 1 aliphatic rings. The Balaban J connectivity index is 1.31. The Labute approximate surface area is 180 Å². The average molecular weight is 424 g/mol. The second kappa shape index (κ2) is 9.73. The Morgan fingerprint density at radius 3 is 2.53 bits per heavy atom. The summed E-state index contributed by atoms with van der Waals surface area (Å²) < 4.78 is 11.1. The standard InChI is InChI=1S/C23H25N3O3S/c1-25(14-18-2-6-21(7-3-18)26-10-12-28-13-11-26)23(27)19-4-8-22(9-5-19)29-15-20-16-30-17-24-20/h2-9,16-17H,10-15H2,1H3. The van der Waals surface area contributed by atoms with E-state index in [1.165, 1.54) is 5.69 Å². The Bertz CT molecular complexity index is 937. The predicted molar refractivity (Wildman–Crippen MR) is 118 cm³/mol. The van der Waals surface area contributed by atoms with Crippen molar-refractivity contribution >= 4 is 22.9 Å². The van der Waals surface area contributed by atoms with Gasteiger partial charge in [0.05, 0.1) is 24.4 Å². The molecule has 0 bridgehead atoms. The van der Waals surface area contributed by atoms with E-state index < -0.39 is 0 Å². The first-order valence-electron chi connectivity index (χ1n) is 9.96. The Kier molecular flexibility index (Phi) is 6.61. The van der Waals surface area contributed by atoms with Crippen LogP contribution in [0.1, 0.15) is 21.6 Å². The van der Waals surface area contributed by atoms with E-state index in [0.717, 1.165) is 43.3 Å². The quantitative estimate of drug-likeness (QED) is 0.578. The van der Waals surface area contributed by atoms with Gasteiger partial charge in [-0.25, -0.2) is 4.98 Å². The van der Waals surface area contributed by atoms with Crippen molar-refractivity contribution in [3.63, 3.8) is 0 Å². The maximum atomic E-state index is 12.8. The third-order valence-electron chi connectivity index (χ3n) is 5.05. The Hall–Kier alpha value is -2.90. The van der Waals surface area contributed by atoms with Crippen molar-refractivity contribution in [2.45, 2.75) is 13.2 Å². The van der Waals surface area contributed by atoms with Crippen LogP contribution < -0.4 is 9.64 Å². The van der Waals surface area contributed by atoms with Crippen molar-refractivity contribution in [1.82, 2.24) is 9.88 Å². The molecule has 2 aromatic carbocycles. The molecule has 0 unspecified atom stereocenters. The topological polar surface area (TPSA) is 54.9 Å². The highest BCUT2D eigenvalue weighted by atomic mass is 32.1. The summed E-state index contributed by atoms with van der Waals surface area (Å²) in [5.41, 5.74) is 5.63. The minimum Gasteiger partial charge on any atom is -0.487 e. The molecule has 6 nitrogen and oxygen atoms in total. The van der Waals surface area contributed by atoms with E-state index in [9.17, 15) is 4.79 Å². The molecule has 1 saturated heterocycles. The lowest BCUT2D eigenvalue weighted by Crippen LogP contribution is -2.36. The maximum absolute atomic E-state index is 12.8. The molecular weight excluding hydrogens is 398 g/mol. The average Bonchev–Trinajstić information content (AvgIpc) is 3.32. The lowest BCUT2D eigenvalue weighted by Gasteiger charge is -2.29. The van der Waals surface area contributed by atoms with Crippen LogP contribution in [0, 0.1) is 0 Å². The number of morpholine rings is 1. The number of benzene rings is 2. The van der Waals surface area contributed by atoms with Crippen molar-refractivity contribution in [1.29, 1.82) is 0 Å². The summed E-state index contributed by atoms with van der Waals surface area (Å²) in [4.78, 5) is 21.0. The van der Waals surface area contributed by atoms with Crippen molar-refractivity contribution in [3.05, 3.63) is 76.2 Å². The zero-order valence-corrected chi connectivity index (χ0v) is 17.8. The number of rotatable bonds is 7. The number of amides is 1. The van der Waals surface area contributed by atoms with Crippen LogP contribution in [-0.4, -0.2) is 49.1 Å². The van der Waals surface area contributed by atoms with E-state index in [1.807, 2.05) is 24.6 Å². The van der Waals surface area contributed by atoms with Gasteiger partial charge in [0.25, 0.3) is 5.91 Å². The van der Waals surface area contributed by atoms with Crippen molar-refractivity contribution < 1.29 is 14.3 Å². The van der Waals surface area contributed by atoms with Crippen LogP contribution in [0.3, 0.4) is 0 Å². The van der Waals surface area contributed by atoms with Crippen molar-refractivity contribution in [2.24, 2.45) is 0 Å². The SMILES string of the molecule is CN(Cc1ccc(N2CCOCC2)cc1)C(=O)c1ccc(OCc2cscn2)cc1. The number of carbonyl (C=O) groups excluding carboxylic acids is 1. The summed E-state index contributed by atoms with van der Waals surface area (Å²) in [7, 11) is 1.82. The number of hydrogen-bond acceptors (Lipinski definition) is 6. The van der Waals surface area contributed by atoms with Gasteiger partial charge in [0, 0.05) is 43.3 Å². The van der Waals surface area contributed by atoms with Crippen LogP contribution in [0.15, 0.2) is 59.4 Å². The first-order valence-corrected chi connectivity index (χ1v) is 10.9. The summed E-state index contributed by atoms with van der Waals surface area (Å²) in [5, 5.41) is 1.96. The van der Waals surface area contributed by atoms with Gasteiger partial charge in [-0.15, -0.1) is 11.3 Å². The Morgan fingerprint density at radius 2 is 1.87 bits per heavy atom. The van der Waals surface area contributed by atoms with Gasteiger partial charge in [-0.3, -0.25) is 4.79 Å². The molecule has 7 heteroatoms. The van der Waals surface area contributed by atoms with Gasteiger partial charge in [0.15, 0.2) is 0 Å². The van der Waals surface area contributed by atoms with Crippen LogP contribution in [0.5, 0.6) is 5.75 Å². The molecule has 0 atom stereocenters. The molecule has 0 aliphatic carbocycles. The number of hydrogen-bond donors (Lipinski definition) is 0. The van der Waals surface area contributed by atoms with Crippen LogP contribution in [-0.2, 0) is 17.9 Å². The normalized spacial score (nSPS) is 13.8.